The van der Waals surface area contributed by atoms with Crippen LogP contribution in [0.3, 0.4) is 0 Å². The van der Waals surface area contributed by atoms with Crippen molar-refractivity contribution in [1.82, 2.24) is 4.98 Å². The molecule has 1 fully saturated rings. The summed E-state index contributed by atoms with van der Waals surface area (Å²) in [5, 5.41) is 0. The van der Waals surface area contributed by atoms with Crippen LogP contribution >= 0.6 is 0 Å². The molecule has 0 saturated carbocycles. The lowest BCUT2D eigenvalue weighted by Crippen LogP contribution is -2.39. The van der Waals surface area contributed by atoms with E-state index in [4.69, 9.17) is 4.74 Å². The SMILES string of the molecule is CCOC1CCCN(c2ccnc(C(F)F)c2)C1. The Labute approximate surface area is 106 Å². The Morgan fingerprint density at radius 1 is 1.56 bits per heavy atom. The Morgan fingerprint density at radius 2 is 2.39 bits per heavy atom. The van der Waals surface area contributed by atoms with E-state index in [1.54, 1.807) is 6.07 Å². The number of aromatic nitrogens is 1. The Hall–Kier alpha value is -1.23. The number of halogens is 2. The van der Waals surface area contributed by atoms with Crippen LogP contribution in [0.4, 0.5) is 14.5 Å². The van der Waals surface area contributed by atoms with Gasteiger partial charge >= 0.3 is 0 Å². The van der Waals surface area contributed by atoms with Crippen molar-refractivity contribution in [3.05, 3.63) is 24.0 Å². The van der Waals surface area contributed by atoms with Gasteiger partial charge in [-0.2, -0.15) is 0 Å². The molecule has 1 atom stereocenters. The molecule has 5 heteroatoms. The first kappa shape index (κ1) is 13.2. The fourth-order valence-corrected chi connectivity index (χ4v) is 2.30. The second kappa shape index (κ2) is 6.09. The average Bonchev–Trinajstić information content (AvgIpc) is 2.39. The molecule has 0 radical (unpaired) electrons. The van der Waals surface area contributed by atoms with Crippen LogP contribution in [0.1, 0.15) is 31.9 Å². The quantitative estimate of drug-likeness (QED) is 0.828. The summed E-state index contributed by atoms with van der Waals surface area (Å²) >= 11 is 0. The van der Waals surface area contributed by atoms with Crippen molar-refractivity contribution in [2.24, 2.45) is 0 Å². The van der Waals surface area contributed by atoms with Gasteiger partial charge < -0.3 is 9.64 Å². The first-order valence-electron chi connectivity index (χ1n) is 6.31. The third-order valence-corrected chi connectivity index (χ3v) is 3.13. The van der Waals surface area contributed by atoms with E-state index in [1.807, 2.05) is 6.92 Å². The largest absolute Gasteiger partial charge is 0.377 e. The van der Waals surface area contributed by atoms with Crippen LogP contribution in [-0.4, -0.2) is 30.8 Å². The van der Waals surface area contributed by atoms with Crippen LogP contribution in [0, 0.1) is 0 Å². The molecule has 1 aromatic rings. The zero-order valence-electron chi connectivity index (χ0n) is 10.5. The average molecular weight is 256 g/mol. The predicted octanol–water partition coefficient (Wildman–Crippen LogP) is 3.02. The molecule has 0 N–H and O–H groups in total. The molecule has 0 spiro atoms. The Morgan fingerprint density at radius 3 is 3.11 bits per heavy atom. The summed E-state index contributed by atoms with van der Waals surface area (Å²) in [5.74, 6) is 0. The van der Waals surface area contributed by atoms with Crippen molar-refractivity contribution in [3.8, 4) is 0 Å². The van der Waals surface area contributed by atoms with E-state index in [-0.39, 0.29) is 11.8 Å². The number of piperidine rings is 1. The van der Waals surface area contributed by atoms with Gasteiger partial charge in [0.2, 0.25) is 0 Å². The van der Waals surface area contributed by atoms with Gasteiger partial charge in [-0.15, -0.1) is 0 Å². The predicted molar refractivity (Wildman–Crippen MR) is 66.1 cm³/mol. The summed E-state index contributed by atoms with van der Waals surface area (Å²) in [6, 6.07) is 3.25. The number of alkyl halides is 2. The first-order valence-corrected chi connectivity index (χ1v) is 6.31. The lowest BCUT2D eigenvalue weighted by molar-refractivity contribution is 0.0526. The number of ether oxygens (including phenoxy) is 1. The van der Waals surface area contributed by atoms with E-state index in [0.717, 1.165) is 31.6 Å². The fraction of sp³-hybridized carbons (Fsp3) is 0.615. The minimum absolute atomic E-state index is 0.161. The molecule has 2 heterocycles. The van der Waals surface area contributed by atoms with E-state index in [2.05, 4.69) is 9.88 Å². The van der Waals surface area contributed by atoms with Gasteiger partial charge in [0.25, 0.3) is 6.43 Å². The van der Waals surface area contributed by atoms with Crippen molar-refractivity contribution in [2.45, 2.75) is 32.3 Å². The van der Waals surface area contributed by atoms with Crippen molar-refractivity contribution in [3.63, 3.8) is 0 Å². The number of nitrogens with zero attached hydrogens (tertiary/aromatic N) is 2. The zero-order valence-corrected chi connectivity index (χ0v) is 10.5. The molecule has 3 nitrogen and oxygen atoms in total. The lowest BCUT2D eigenvalue weighted by atomic mass is 10.1. The van der Waals surface area contributed by atoms with E-state index in [0.29, 0.717) is 6.61 Å². The summed E-state index contributed by atoms with van der Waals surface area (Å²) in [7, 11) is 0. The molecule has 0 aliphatic carbocycles. The van der Waals surface area contributed by atoms with E-state index in [1.165, 1.54) is 12.3 Å². The second-order valence-corrected chi connectivity index (χ2v) is 4.41. The van der Waals surface area contributed by atoms with Gasteiger partial charge in [-0.25, -0.2) is 8.78 Å². The highest BCUT2D eigenvalue weighted by Gasteiger charge is 2.21. The Bertz CT molecular complexity index is 385. The lowest BCUT2D eigenvalue weighted by Gasteiger charge is -2.34. The van der Waals surface area contributed by atoms with Gasteiger partial charge in [0, 0.05) is 31.6 Å². The summed E-state index contributed by atoms with van der Waals surface area (Å²) in [5.41, 5.74) is 0.649. The van der Waals surface area contributed by atoms with Crippen LogP contribution in [0.2, 0.25) is 0 Å². The molecular formula is C13H18F2N2O. The van der Waals surface area contributed by atoms with Gasteiger partial charge in [0.1, 0.15) is 5.69 Å². The van der Waals surface area contributed by atoms with Crippen LogP contribution in [0.25, 0.3) is 0 Å². The summed E-state index contributed by atoms with van der Waals surface area (Å²) in [6.45, 7) is 4.31. The van der Waals surface area contributed by atoms with Crippen molar-refractivity contribution < 1.29 is 13.5 Å². The molecule has 0 amide bonds. The van der Waals surface area contributed by atoms with Gasteiger partial charge in [-0.1, -0.05) is 0 Å². The summed E-state index contributed by atoms with van der Waals surface area (Å²) in [6.07, 6.45) is 1.19. The van der Waals surface area contributed by atoms with E-state index < -0.39 is 6.43 Å². The van der Waals surface area contributed by atoms with Crippen molar-refractivity contribution in [1.29, 1.82) is 0 Å². The Balaban J connectivity index is 2.08. The normalized spacial score (nSPS) is 20.4. The Kier molecular flexibility index (Phi) is 4.47. The monoisotopic (exact) mass is 256 g/mol. The maximum absolute atomic E-state index is 12.6. The molecule has 0 bridgehead atoms. The molecule has 18 heavy (non-hydrogen) atoms. The fourth-order valence-electron chi connectivity index (χ4n) is 2.30. The number of pyridine rings is 1. The standard InChI is InChI=1S/C13H18F2N2O/c1-2-18-11-4-3-7-17(9-11)10-5-6-16-12(8-10)13(14)15/h5-6,8,11,13H,2-4,7,9H2,1H3. The highest BCUT2D eigenvalue weighted by atomic mass is 19.3. The summed E-state index contributed by atoms with van der Waals surface area (Å²) < 4.78 is 30.8. The topological polar surface area (TPSA) is 25.4 Å². The van der Waals surface area contributed by atoms with Crippen LogP contribution in [0.5, 0.6) is 0 Å². The third kappa shape index (κ3) is 3.16. The molecule has 0 aromatic carbocycles. The molecule has 2 rings (SSSR count). The molecule has 1 aliphatic rings. The highest BCUT2D eigenvalue weighted by Crippen LogP contribution is 2.25. The van der Waals surface area contributed by atoms with Crippen molar-refractivity contribution >= 4 is 5.69 Å². The minimum atomic E-state index is -2.52. The number of rotatable bonds is 4. The van der Waals surface area contributed by atoms with Gasteiger partial charge in [-0.3, -0.25) is 4.98 Å². The minimum Gasteiger partial charge on any atom is -0.377 e. The molecule has 1 saturated heterocycles. The number of hydrogen-bond acceptors (Lipinski definition) is 3. The molecular weight excluding hydrogens is 238 g/mol. The maximum atomic E-state index is 12.6. The summed E-state index contributed by atoms with van der Waals surface area (Å²) in [4.78, 5) is 5.78. The maximum Gasteiger partial charge on any atom is 0.280 e. The zero-order chi connectivity index (χ0) is 13.0. The molecule has 100 valence electrons. The second-order valence-electron chi connectivity index (χ2n) is 4.41. The highest BCUT2D eigenvalue weighted by molar-refractivity contribution is 5.47. The van der Waals surface area contributed by atoms with Gasteiger partial charge in [0.15, 0.2) is 0 Å². The van der Waals surface area contributed by atoms with Gasteiger partial charge in [-0.05, 0) is 31.9 Å². The molecule has 1 aromatic heterocycles. The van der Waals surface area contributed by atoms with E-state index in [9.17, 15) is 8.78 Å². The third-order valence-electron chi connectivity index (χ3n) is 3.13. The van der Waals surface area contributed by atoms with E-state index >= 15 is 0 Å². The van der Waals surface area contributed by atoms with Crippen LogP contribution in [0.15, 0.2) is 18.3 Å². The first-order chi connectivity index (χ1) is 8.70. The van der Waals surface area contributed by atoms with Crippen LogP contribution in [-0.2, 0) is 4.74 Å². The molecule has 1 aliphatic heterocycles. The van der Waals surface area contributed by atoms with Crippen LogP contribution < -0.4 is 4.90 Å². The number of anilines is 1. The molecule has 1 unspecified atom stereocenters. The smallest absolute Gasteiger partial charge is 0.280 e. The number of hydrogen-bond donors (Lipinski definition) is 0. The van der Waals surface area contributed by atoms with Gasteiger partial charge in [0.05, 0.1) is 6.10 Å². The van der Waals surface area contributed by atoms with Crippen molar-refractivity contribution in [2.75, 3.05) is 24.6 Å².